The van der Waals surface area contributed by atoms with Crippen molar-refractivity contribution in [3.05, 3.63) is 0 Å². The number of nitrogens with two attached hydrogens (primary N) is 1. The topological polar surface area (TPSA) is 75.3 Å². The lowest BCUT2D eigenvalue weighted by Crippen LogP contribution is -2.60. The minimum absolute atomic E-state index is 0.117. The number of rotatable bonds is 4. The molecule has 3 atom stereocenters. The van der Waals surface area contributed by atoms with Crippen LogP contribution >= 0.6 is 0 Å². The van der Waals surface area contributed by atoms with Crippen molar-refractivity contribution < 1.29 is 9.90 Å². The lowest BCUT2D eigenvalue weighted by molar-refractivity contribution is -0.145. The van der Waals surface area contributed by atoms with Crippen molar-refractivity contribution in [3.8, 4) is 0 Å². The summed E-state index contributed by atoms with van der Waals surface area (Å²) in [4.78, 5) is 11.4. The van der Waals surface area contributed by atoms with E-state index in [0.717, 1.165) is 32.1 Å². The molecule has 0 spiro atoms. The van der Waals surface area contributed by atoms with Crippen molar-refractivity contribution in [1.29, 1.82) is 0 Å². The van der Waals surface area contributed by atoms with Gasteiger partial charge in [0.05, 0.1) is 0 Å². The zero-order chi connectivity index (χ0) is 11.8. The van der Waals surface area contributed by atoms with E-state index in [1.165, 1.54) is 6.42 Å². The SMILES string of the molecule is CC(NC1CCCCC1N)(C(=O)O)C1CC1. The van der Waals surface area contributed by atoms with Gasteiger partial charge in [0.1, 0.15) is 5.54 Å². The molecule has 3 unspecified atom stereocenters. The van der Waals surface area contributed by atoms with Crippen LogP contribution in [0.4, 0.5) is 0 Å². The molecule has 0 radical (unpaired) electrons. The molecule has 16 heavy (non-hydrogen) atoms. The molecule has 0 aromatic rings. The van der Waals surface area contributed by atoms with Crippen LogP contribution in [0.1, 0.15) is 45.4 Å². The van der Waals surface area contributed by atoms with Crippen molar-refractivity contribution in [2.45, 2.75) is 63.1 Å². The Labute approximate surface area is 96.6 Å². The average molecular weight is 226 g/mol. The second-order valence-corrected chi connectivity index (χ2v) is 5.48. The number of carbonyl (C=O) groups is 1. The largest absolute Gasteiger partial charge is 0.480 e. The van der Waals surface area contributed by atoms with E-state index in [1.807, 2.05) is 6.92 Å². The van der Waals surface area contributed by atoms with Crippen molar-refractivity contribution in [1.82, 2.24) is 5.32 Å². The van der Waals surface area contributed by atoms with Crippen LogP contribution in [-0.4, -0.2) is 28.7 Å². The first kappa shape index (κ1) is 11.9. The van der Waals surface area contributed by atoms with Crippen LogP contribution < -0.4 is 11.1 Å². The Kier molecular flexibility index (Phi) is 3.22. The molecule has 92 valence electrons. The summed E-state index contributed by atoms with van der Waals surface area (Å²) in [5.41, 5.74) is 5.29. The van der Waals surface area contributed by atoms with E-state index in [2.05, 4.69) is 5.32 Å². The summed E-state index contributed by atoms with van der Waals surface area (Å²) < 4.78 is 0. The highest BCUT2D eigenvalue weighted by Gasteiger charge is 2.48. The molecule has 2 saturated carbocycles. The second-order valence-electron chi connectivity index (χ2n) is 5.48. The molecule has 2 rings (SSSR count). The highest BCUT2D eigenvalue weighted by atomic mass is 16.4. The highest BCUT2D eigenvalue weighted by molar-refractivity contribution is 5.79. The van der Waals surface area contributed by atoms with Gasteiger partial charge in [-0.3, -0.25) is 10.1 Å². The summed E-state index contributed by atoms with van der Waals surface area (Å²) in [6.07, 6.45) is 6.41. The normalized spacial score (nSPS) is 34.4. The molecule has 4 heteroatoms. The van der Waals surface area contributed by atoms with Crippen molar-refractivity contribution in [2.75, 3.05) is 0 Å². The number of carboxylic acids is 1. The van der Waals surface area contributed by atoms with Gasteiger partial charge < -0.3 is 10.8 Å². The molecule has 0 aromatic heterocycles. The van der Waals surface area contributed by atoms with Crippen LogP contribution in [0.25, 0.3) is 0 Å². The molecule has 0 aliphatic heterocycles. The molecule has 0 amide bonds. The Morgan fingerprint density at radius 3 is 2.44 bits per heavy atom. The third-order valence-electron chi connectivity index (χ3n) is 4.14. The van der Waals surface area contributed by atoms with Gasteiger partial charge in [-0.15, -0.1) is 0 Å². The van der Waals surface area contributed by atoms with Crippen LogP contribution in [-0.2, 0) is 4.79 Å². The Bertz CT molecular complexity index is 278. The molecule has 0 saturated heterocycles. The van der Waals surface area contributed by atoms with Gasteiger partial charge in [-0.1, -0.05) is 12.8 Å². The van der Waals surface area contributed by atoms with Crippen LogP contribution in [0, 0.1) is 5.92 Å². The standard InChI is InChI=1S/C12H22N2O2/c1-12(11(15)16,8-6-7-8)14-10-5-3-2-4-9(10)13/h8-10,14H,2-7,13H2,1H3,(H,15,16). The smallest absolute Gasteiger partial charge is 0.323 e. The zero-order valence-corrected chi connectivity index (χ0v) is 9.91. The summed E-state index contributed by atoms with van der Waals surface area (Å²) in [5, 5.41) is 12.7. The molecule has 4 N–H and O–H groups in total. The highest BCUT2D eigenvalue weighted by Crippen LogP contribution is 2.40. The molecule has 0 heterocycles. The quantitative estimate of drug-likeness (QED) is 0.671. The van der Waals surface area contributed by atoms with Crippen LogP contribution in [0.3, 0.4) is 0 Å². The zero-order valence-electron chi connectivity index (χ0n) is 9.91. The van der Waals surface area contributed by atoms with Crippen LogP contribution in [0.2, 0.25) is 0 Å². The van der Waals surface area contributed by atoms with Crippen LogP contribution in [0.15, 0.2) is 0 Å². The van der Waals surface area contributed by atoms with Gasteiger partial charge in [-0.05, 0) is 38.5 Å². The van der Waals surface area contributed by atoms with E-state index in [4.69, 9.17) is 5.73 Å². The first-order valence-corrected chi connectivity index (χ1v) is 6.30. The van der Waals surface area contributed by atoms with Crippen molar-refractivity contribution in [3.63, 3.8) is 0 Å². The third kappa shape index (κ3) is 2.23. The van der Waals surface area contributed by atoms with Gasteiger partial charge in [-0.25, -0.2) is 0 Å². The van der Waals surface area contributed by atoms with Crippen molar-refractivity contribution in [2.24, 2.45) is 11.7 Å². The molecule has 2 aliphatic rings. The fourth-order valence-electron chi connectivity index (χ4n) is 2.74. The first-order valence-electron chi connectivity index (χ1n) is 6.30. The number of nitrogens with one attached hydrogen (secondary N) is 1. The maximum absolute atomic E-state index is 11.4. The number of carboxylic acid groups (broad SMARTS) is 1. The van der Waals surface area contributed by atoms with E-state index < -0.39 is 11.5 Å². The maximum atomic E-state index is 11.4. The molecule has 2 aliphatic carbocycles. The van der Waals surface area contributed by atoms with Gasteiger partial charge in [0.25, 0.3) is 0 Å². The monoisotopic (exact) mass is 226 g/mol. The molecule has 0 bridgehead atoms. The van der Waals surface area contributed by atoms with E-state index >= 15 is 0 Å². The average Bonchev–Trinajstić information content (AvgIpc) is 3.04. The molecule has 2 fully saturated rings. The minimum Gasteiger partial charge on any atom is -0.480 e. The minimum atomic E-state index is -0.764. The van der Waals surface area contributed by atoms with E-state index in [1.54, 1.807) is 0 Å². The summed E-state index contributed by atoms with van der Waals surface area (Å²) in [6, 6.07) is 0.293. The van der Waals surface area contributed by atoms with Crippen molar-refractivity contribution >= 4 is 5.97 Å². The summed E-state index contributed by atoms with van der Waals surface area (Å²) >= 11 is 0. The number of aliphatic carboxylic acids is 1. The molecule has 4 nitrogen and oxygen atoms in total. The molecule has 0 aromatic carbocycles. The van der Waals surface area contributed by atoms with Gasteiger partial charge >= 0.3 is 5.97 Å². The predicted octanol–water partition coefficient (Wildman–Crippen LogP) is 1.10. The fraction of sp³-hybridized carbons (Fsp3) is 0.917. The lowest BCUT2D eigenvalue weighted by Gasteiger charge is -2.37. The Morgan fingerprint density at radius 1 is 1.31 bits per heavy atom. The van der Waals surface area contributed by atoms with E-state index in [0.29, 0.717) is 5.92 Å². The molecular formula is C12H22N2O2. The maximum Gasteiger partial charge on any atom is 0.323 e. The van der Waals surface area contributed by atoms with Crippen LogP contribution in [0.5, 0.6) is 0 Å². The first-order chi connectivity index (χ1) is 7.54. The van der Waals surface area contributed by atoms with E-state index in [-0.39, 0.29) is 12.1 Å². The number of hydrogen-bond donors (Lipinski definition) is 3. The third-order valence-corrected chi connectivity index (χ3v) is 4.14. The second kappa shape index (κ2) is 4.34. The number of hydrogen-bond acceptors (Lipinski definition) is 3. The van der Waals surface area contributed by atoms with Gasteiger partial charge in [-0.2, -0.15) is 0 Å². The Hall–Kier alpha value is -0.610. The molecular weight excluding hydrogens is 204 g/mol. The fourth-order valence-corrected chi connectivity index (χ4v) is 2.74. The van der Waals surface area contributed by atoms with E-state index in [9.17, 15) is 9.90 Å². The van der Waals surface area contributed by atoms with Gasteiger partial charge in [0.15, 0.2) is 0 Å². The van der Waals surface area contributed by atoms with Gasteiger partial charge in [0.2, 0.25) is 0 Å². The van der Waals surface area contributed by atoms with Gasteiger partial charge in [0, 0.05) is 12.1 Å². The summed E-state index contributed by atoms with van der Waals surface area (Å²) in [7, 11) is 0. The lowest BCUT2D eigenvalue weighted by atomic mass is 9.87. The summed E-state index contributed by atoms with van der Waals surface area (Å²) in [5.74, 6) is -0.438. The predicted molar refractivity (Wildman–Crippen MR) is 62.1 cm³/mol. The Balaban J connectivity index is 2.02. The summed E-state index contributed by atoms with van der Waals surface area (Å²) in [6.45, 7) is 1.81. The Morgan fingerprint density at radius 2 is 1.94 bits per heavy atom.